The van der Waals surface area contributed by atoms with Gasteiger partial charge >= 0.3 is 0 Å². The van der Waals surface area contributed by atoms with Gasteiger partial charge in [-0.25, -0.2) is 9.97 Å². The van der Waals surface area contributed by atoms with Crippen molar-refractivity contribution in [1.82, 2.24) is 15.3 Å². The zero-order valence-electron chi connectivity index (χ0n) is 13.0. The van der Waals surface area contributed by atoms with Gasteiger partial charge in [0.25, 0.3) is 5.91 Å². The van der Waals surface area contributed by atoms with E-state index in [4.69, 9.17) is 9.47 Å². The third-order valence-electron chi connectivity index (χ3n) is 3.23. The lowest BCUT2D eigenvalue weighted by Crippen LogP contribution is -2.24. The Morgan fingerprint density at radius 2 is 2.09 bits per heavy atom. The van der Waals surface area contributed by atoms with Gasteiger partial charge < -0.3 is 14.8 Å². The van der Waals surface area contributed by atoms with E-state index < -0.39 is 0 Å². The van der Waals surface area contributed by atoms with Crippen molar-refractivity contribution in [1.29, 1.82) is 0 Å². The van der Waals surface area contributed by atoms with Crippen molar-refractivity contribution >= 4 is 17.7 Å². The number of aromatic nitrogens is 2. The second kappa shape index (κ2) is 6.87. The predicted molar refractivity (Wildman–Crippen MR) is 86.9 cm³/mol. The van der Waals surface area contributed by atoms with Crippen LogP contribution < -0.4 is 14.8 Å². The van der Waals surface area contributed by atoms with Crippen LogP contribution in [-0.2, 0) is 6.54 Å². The van der Waals surface area contributed by atoms with Crippen LogP contribution in [0.4, 0.5) is 0 Å². The molecule has 2 heterocycles. The summed E-state index contributed by atoms with van der Waals surface area (Å²) in [6.45, 7) is 4.52. The van der Waals surface area contributed by atoms with Gasteiger partial charge in [-0.05, 0) is 36.4 Å². The summed E-state index contributed by atoms with van der Waals surface area (Å²) in [7, 11) is 0. The van der Waals surface area contributed by atoms with Crippen LogP contribution in [0.5, 0.6) is 11.5 Å². The van der Waals surface area contributed by atoms with E-state index in [0.717, 1.165) is 22.8 Å². The maximum Gasteiger partial charge on any atom is 0.270 e. The maximum atomic E-state index is 12.3. The highest BCUT2D eigenvalue weighted by Crippen LogP contribution is 2.32. The van der Waals surface area contributed by atoms with Gasteiger partial charge in [0.05, 0.1) is 0 Å². The number of carbonyl (C=O) groups excluding carboxylic acids is 1. The number of ether oxygens (including phenoxy) is 2. The molecule has 0 radical (unpaired) electrons. The fraction of sp³-hybridized carbons (Fsp3) is 0.312. The lowest BCUT2D eigenvalue weighted by Gasteiger charge is -2.07. The van der Waals surface area contributed by atoms with Crippen LogP contribution in [0.15, 0.2) is 29.4 Å². The van der Waals surface area contributed by atoms with Gasteiger partial charge in [0.15, 0.2) is 16.7 Å². The van der Waals surface area contributed by atoms with E-state index in [0.29, 0.717) is 23.1 Å². The Bertz CT molecular complexity index is 737. The second-order valence-electron chi connectivity index (χ2n) is 4.98. The first-order chi connectivity index (χ1) is 11.2. The van der Waals surface area contributed by atoms with Crippen molar-refractivity contribution < 1.29 is 14.3 Å². The van der Waals surface area contributed by atoms with Crippen molar-refractivity contribution in [2.45, 2.75) is 25.5 Å². The van der Waals surface area contributed by atoms with Gasteiger partial charge in [-0.2, -0.15) is 0 Å². The minimum atomic E-state index is -0.217. The van der Waals surface area contributed by atoms with Gasteiger partial charge in [0.2, 0.25) is 6.79 Å². The third kappa shape index (κ3) is 3.73. The summed E-state index contributed by atoms with van der Waals surface area (Å²) in [5.74, 6) is 2.08. The average molecular weight is 331 g/mol. The molecule has 0 spiro atoms. The van der Waals surface area contributed by atoms with Gasteiger partial charge in [-0.15, -0.1) is 0 Å². The Kier molecular flexibility index (Phi) is 4.66. The van der Waals surface area contributed by atoms with Crippen LogP contribution in [0.25, 0.3) is 0 Å². The molecule has 23 heavy (non-hydrogen) atoms. The fourth-order valence-corrected chi connectivity index (χ4v) is 2.80. The first kappa shape index (κ1) is 15.6. The van der Waals surface area contributed by atoms with Crippen molar-refractivity contribution in [2.24, 2.45) is 0 Å². The van der Waals surface area contributed by atoms with E-state index in [1.807, 2.05) is 32.0 Å². The summed E-state index contributed by atoms with van der Waals surface area (Å²) >= 11 is 1.52. The number of nitrogens with one attached hydrogen (secondary N) is 1. The molecule has 1 aliphatic rings. The number of thioether (sulfide) groups is 1. The zero-order valence-corrected chi connectivity index (χ0v) is 13.8. The van der Waals surface area contributed by atoms with Crippen molar-refractivity contribution in [3.63, 3.8) is 0 Å². The summed E-state index contributed by atoms with van der Waals surface area (Å²) in [6, 6.07) is 7.30. The van der Waals surface area contributed by atoms with E-state index in [9.17, 15) is 4.79 Å². The van der Waals surface area contributed by atoms with Crippen LogP contribution in [0.3, 0.4) is 0 Å². The van der Waals surface area contributed by atoms with Crippen LogP contribution in [0.2, 0.25) is 0 Å². The average Bonchev–Trinajstić information content (AvgIpc) is 3.00. The zero-order chi connectivity index (χ0) is 16.2. The molecule has 6 nitrogen and oxygen atoms in total. The first-order valence-corrected chi connectivity index (χ1v) is 8.29. The molecular weight excluding hydrogens is 314 g/mol. The fourth-order valence-electron chi connectivity index (χ4n) is 2.18. The number of carbonyl (C=O) groups is 1. The Balaban J connectivity index is 1.67. The van der Waals surface area contributed by atoms with Crippen LogP contribution in [0, 0.1) is 6.92 Å². The standard InChI is InChI=1S/C16H17N3O3S/c1-3-23-16-18-10(2)6-12(19-16)15(20)17-8-11-4-5-13-14(7-11)22-9-21-13/h4-7H,3,8-9H2,1-2H3,(H,17,20). The molecule has 0 atom stereocenters. The lowest BCUT2D eigenvalue weighted by atomic mass is 10.2. The maximum absolute atomic E-state index is 12.3. The Hall–Kier alpha value is -2.28. The molecule has 7 heteroatoms. The van der Waals surface area contributed by atoms with Crippen LogP contribution >= 0.6 is 11.8 Å². The van der Waals surface area contributed by atoms with E-state index in [2.05, 4.69) is 15.3 Å². The number of hydrogen-bond acceptors (Lipinski definition) is 6. The molecule has 0 aliphatic carbocycles. The molecule has 0 saturated heterocycles. The Morgan fingerprint density at radius 1 is 1.26 bits per heavy atom. The summed E-state index contributed by atoms with van der Waals surface area (Å²) in [5, 5.41) is 3.49. The molecule has 0 fully saturated rings. The largest absolute Gasteiger partial charge is 0.454 e. The van der Waals surface area contributed by atoms with E-state index in [-0.39, 0.29) is 12.7 Å². The van der Waals surface area contributed by atoms with Crippen molar-refractivity contribution in [3.05, 3.63) is 41.2 Å². The minimum Gasteiger partial charge on any atom is -0.454 e. The topological polar surface area (TPSA) is 73.3 Å². The summed E-state index contributed by atoms with van der Waals surface area (Å²) in [4.78, 5) is 20.9. The summed E-state index contributed by atoms with van der Waals surface area (Å²) in [5.41, 5.74) is 2.11. The third-order valence-corrected chi connectivity index (χ3v) is 3.96. The summed E-state index contributed by atoms with van der Waals surface area (Å²) in [6.07, 6.45) is 0. The highest BCUT2D eigenvalue weighted by molar-refractivity contribution is 7.99. The first-order valence-electron chi connectivity index (χ1n) is 7.31. The molecule has 2 aromatic rings. The van der Waals surface area contributed by atoms with E-state index in [1.165, 1.54) is 11.8 Å². The molecule has 3 rings (SSSR count). The van der Waals surface area contributed by atoms with Crippen molar-refractivity contribution in [3.8, 4) is 11.5 Å². The number of benzene rings is 1. The minimum absolute atomic E-state index is 0.217. The predicted octanol–water partition coefficient (Wildman–Crippen LogP) is 2.56. The second-order valence-corrected chi connectivity index (χ2v) is 6.21. The molecule has 1 amide bonds. The van der Waals surface area contributed by atoms with Crippen LogP contribution in [0.1, 0.15) is 28.7 Å². The molecule has 0 unspecified atom stereocenters. The smallest absolute Gasteiger partial charge is 0.270 e. The molecular formula is C16H17N3O3S. The normalized spacial score (nSPS) is 12.3. The molecule has 1 aliphatic heterocycles. The summed E-state index contributed by atoms with van der Waals surface area (Å²) < 4.78 is 10.6. The quantitative estimate of drug-likeness (QED) is 0.670. The number of rotatable bonds is 5. The van der Waals surface area contributed by atoms with Gasteiger partial charge in [0.1, 0.15) is 5.69 Å². The molecule has 0 bridgehead atoms. The SMILES string of the molecule is CCSc1nc(C)cc(C(=O)NCc2ccc3c(c2)OCO3)n1. The van der Waals surface area contributed by atoms with Crippen molar-refractivity contribution in [2.75, 3.05) is 12.5 Å². The van der Waals surface area contributed by atoms with Gasteiger partial charge in [0, 0.05) is 12.2 Å². The molecule has 1 aromatic heterocycles. The van der Waals surface area contributed by atoms with Gasteiger partial charge in [-0.3, -0.25) is 4.79 Å². The highest BCUT2D eigenvalue weighted by atomic mass is 32.2. The van der Waals surface area contributed by atoms with E-state index >= 15 is 0 Å². The van der Waals surface area contributed by atoms with Gasteiger partial charge in [-0.1, -0.05) is 24.8 Å². The number of nitrogens with zero attached hydrogens (tertiary/aromatic N) is 2. The Labute approximate surface area is 138 Å². The lowest BCUT2D eigenvalue weighted by molar-refractivity contribution is 0.0944. The number of aryl methyl sites for hydroxylation is 1. The Morgan fingerprint density at radius 3 is 2.91 bits per heavy atom. The molecule has 120 valence electrons. The number of hydrogen-bond donors (Lipinski definition) is 1. The number of amides is 1. The molecule has 0 saturated carbocycles. The molecule has 1 aromatic carbocycles. The highest BCUT2D eigenvalue weighted by Gasteiger charge is 2.14. The number of fused-ring (bicyclic) bond motifs is 1. The molecule has 1 N–H and O–H groups in total. The monoisotopic (exact) mass is 331 g/mol. The van der Waals surface area contributed by atoms with E-state index in [1.54, 1.807) is 6.07 Å². The van der Waals surface area contributed by atoms with Crippen LogP contribution in [-0.4, -0.2) is 28.4 Å².